The van der Waals surface area contributed by atoms with Crippen molar-refractivity contribution in [1.82, 2.24) is 9.88 Å². The van der Waals surface area contributed by atoms with Gasteiger partial charge in [0, 0.05) is 18.3 Å². The highest BCUT2D eigenvalue weighted by atomic mass is 16.5. The Kier molecular flexibility index (Phi) is 3.93. The van der Waals surface area contributed by atoms with E-state index < -0.39 is 5.72 Å². The van der Waals surface area contributed by atoms with Crippen molar-refractivity contribution in [2.45, 2.75) is 12.3 Å². The van der Waals surface area contributed by atoms with Crippen molar-refractivity contribution >= 4 is 5.91 Å². The number of carbonyl (C=O) groups is 1. The zero-order valence-corrected chi connectivity index (χ0v) is 14.3. The molecule has 0 aliphatic carbocycles. The Hall–Kier alpha value is -3.18. The first-order valence-electron chi connectivity index (χ1n) is 8.33. The van der Waals surface area contributed by atoms with Gasteiger partial charge in [0.15, 0.2) is 0 Å². The topological polar surface area (TPSA) is 62.7 Å². The van der Waals surface area contributed by atoms with Gasteiger partial charge < -0.3 is 9.84 Å². The number of methoxy groups -OCH3 is 1. The third-order valence-corrected chi connectivity index (χ3v) is 4.68. The van der Waals surface area contributed by atoms with Crippen molar-refractivity contribution in [1.29, 1.82) is 0 Å². The average molecular weight is 346 g/mol. The Morgan fingerprint density at radius 1 is 1.04 bits per heavy atom. The highest BCUT2D eigenvalue weighted by Crippen LogP contribution is 2.41. The zero-order valence-electron chi connectivity index (χ0n) is 14.3. The lowest BCUT2D eigenvalue weighted by molar-refractivity contribution is -0.0569. The predicted octanol–water partition coefficient (Wildman–Crippen LogP) is 2.94. The number of carbonyl (C=O) groups excluding carboxylic acids is 1. The first-order valence-corrected chi connectivity index (χ1v) is 8.33. The van der Waals surface area contributed by atoms with Crippen molar-refractivity contribution in [3.8, 4) is 5.75 Å². The van der Waals surface area contributed by atoms with E-state index in [2.05, 4.69) is 4.98 Å². The summed E-state index contributed by atoms with van der Waals surface area (Å²) in [5.74, 6) is 0.500. The minimum absolute atomic E-state index is 0.240. The summed E-state index contributed by atoms with van der Waals surface area (Å²) < 4.78 is 5.18. The second kappa shape index (κ2) is 6.28. The Bertz CT molecular complexity index is 941. The molecule has 5 heteroatoms. The summed E-state index contributed by atoms with van der Waals surface area (Å²) in [5.41, 5.74) is 0.687. The largest absolute Gasteiger partial charge is 0.497 e. The molecule has 0 radical (unpaired) electrons. The number of fused-ring (bicyclic) bond motifs is 1. The van der Waals surface area contributed by atoms with Crippen LogP contribution < -0.4 is 4.74 Å². The lowest BCUT2D eigenvalue weighted by Crippen LogP contribution is -2.44. The van der Waals surface area contributed by atoms with Crippen LogP contribution >= 0.6 is 0 Å². The average Bonchev–Trinajstić information content (AvgIpc) is 2.92. The molecule has 0 spiro atoms. The normalized spacial score (nSPS) is 18.7. The van der Waals surface area contributed by atoms with Gasteiger partial charge in [-0.05, 0) is 29.8 Å². The lowest BCUT2D eigenvalue weighted by atomic mass is 9.98. The number of nitrogens with zero attached hydrogens (tertiary/aromatic N) is 2. The molecule has 4 rings (SSSR count). The van der Waals surface area contributed by atoms with Crippen molar-refractivity contribution in [2.24, 2.45) is 0 Å². The van der Waals surface area contributed by atoms with Gasteiger partial charge in [-0.3, -0.25) is 14.7 Å². The van der Waals surface area contributed by atoms with Crippen LogP contribution in [-0.4, -0.2) is 28.0 Å². The molecule has 1 aliphatic heterocycles. The van der Waals surface area contributed by atoms with E-state index in [1.807, 2.05) is 42.5 Å². The SMILES string of the molecule is COc1ccc(CN2C(=O)c3cccnc3C2(O)c2ccccc2)cc1. The summed E-state index contributed by atoms with van der Waals surface area (Å²) in [4.78, 5) is 18.8. The van der Waals surface area contributed by atoms with Crippen molar-refractivity contribution in [3.63, 3.8) is 0 Å². The van der Waals surface area contributed by atoms with E-state index in [-0.39, 0.29) is 12.5 Å². The zero-order chi connectivity index (χ0) is 18.1. The number of ether oxygens (including phenoxy) is 1. The summed E-state index contributed by atoms with van der Waals surface area (Å²) in [6.07, 6.45) is 1.59. The second-order valence-corrected chi connectivity index (χ2v) is 6.18. The summed E-state index contributed by atoms with van der Waals surface area (Å²) in [6.45, 7) is 0.255. The minimum Gasteiger partial charge on any atom is -0.497 e. The van der Waals surface area contributed by atoms with Crippen LogP contribution in [0.3, 0.4) is 0 Å². The van der Waals surface area contributed by atoms with Crippen molar-refractivity contribution in [3.05, 3.63) is 95.3 Å². The molecule has 0 fully saturated rings. The quantitative estimate of drug-likeness (QED) is 0.789. The summed E-state index contributed by atoms with van der Waals surface area (Å²) in [7, 11) is 1.61. The molecule has 1 unspecified atom stereocenters. The Labute approximate surface area is 151 Å². The summed E-state index contributed by atoms with van der Waals surface area (Å²) >= 11 is 0. The number of amides is 1. The van der Waals surface area contributed by atoms with Crippen LogP contribution in [0.2, 0.25) is 0 Å². The molecule has 130 valence electrons. The van der Waals surface area contributed by atoms with Crippen molar-refractivity contribution < 1.29 is 14.6 Å². The lowest BCUT2D eigenvalue weighted by Gasteiger charge is -2.34. The van der Waals surface area contributed by atoms with E-state index >= 15 is 0 Å². The van der Waals surface area contributed by atoms with Gasteiger partial charge in [0.1, 0.15) is 11.4 Å². The van der Waals surface area contributed by atoms with Gasteiger partial charge in [-0.1, -0.05) is 42.5 Å². The highest BCUT2D eigenvalue weighted by molar-refractivity contribution is 5.99. The molecule has 5 nitrogen and oxygen atoms in total. The molecule has 1 amide bonds. The van der Waals surface area contributed by atoms with E-state index in [4.69, 9.17) is 4.74 Å². The number of benzene rings is 2. The smallest absolute Gasteiger partial charge is 0.259 e. The van der Waals surface area contributed by atoms with Crippen LogP contribution in [0.15, 0.2) is 72.9 Å². The maximum atomic E-state index is 13.0. The molecule has 1 N–H and O–H groups in total. The molecule has 2 aromatic carbocycles. The Balaban J connectivity index is 1.80. The maximum absolute atomic E-state index is 13.0. The van der Waals surface area contributed by atoms with Crippen LogP contribution in [0.1, 0.15) is 27.2 Å². The monoisotopic (exact) mass is 346 g/mol. The second-order valence-electron chi connectivity index (χ2n) is 6.18. The summed E-state index contributed by atoms with van der Waals surface area (Å²) in [5, 5.41) is 11.6. The van der Waals surface area contributed by atoms with E-state index in [9.17, 15) is 9.90 Å². The number of hydrogen-bond donors (Lipinski definition) is 1. The van der Waals surface area contributed by atoms with Crippen LogP contribution in [0.4, 0.5) is 0 Å². The number of aliphatic hydroxyl groups is 1. The number of aromatic nitrogens is 1. The molecule has 0 bridgehead atoms. The van der Waals surface area contributed by atoms with Gasteiger partial charge in [-0.15, -0.1) is 0 Å². The highest BCUT2D eigenvalue weighted by Gasteiger charge is 2.51. The third-order valence-electron chi connectivity index (χ3n) is 4.68. The van der Waals surface area contributed by atoms with Crippen LogP contribution in [0.25, 0.3) is 0 Å². The van der Waals surface area contributed by atoms with E-state index in [0.29, 0.717) is 16.8 Å². The molecule has 0 saturated carbocycles. The first-order chi connectivity index (χ1) is 12.6. The fourth-order valence-corrected chi connectivity index (χ4v) is 3.34. The van der Waals surface area contributed by atoms with Gasteiger partial charge in [0.25, 0.3) is 5.91 Å². The van der Waals surface area contributed by atoms with Gasteiger partial charge in [0.05, 0.1) is 12.7 Å². The molecule has 1 atom stereocenters. The Morgan fingerprint density at radius 3 is 2.46 bits per heavy atom. The van der Waals surface area contributed by atoms with E-state index in [0.717, 1.165) is 11.3 Å². The third kappa shape index (κ3) is 2.45. The molecular weight excluding hydrogens is 328 g/mol. The molecular formula is C21H18N2O3. The predicted molar refractivity (Wildman–Crippen MR) is 96.5 cm³/mol. The van der Waals surface area contributed by atoms with Gasteiger partial charge >= 0.3 is 0 Å². The molecule has 1 aliphatic rings. The van der Waals surface area contributed by atoms with Crippen LogP contribution in [0, 0.1) is 0 Å². The first kappa shape index (κ1) is 16.3. The standard InChI is InChI=1S/C21H18N2O3/c1-26-17-11-9-15(10-12-17)14-23-20(24)18-8-5-13-22-19(18)21(23,25)16-6-3-2-4-7-16/h2-13,25H,14H2,1H3. The molecule has 3 aromatic rings. The molecule has 26 heavy (non-hydrogen) atoms. The molecule has 1 aromatic heterocycles. The summed E-state index contributed by atoms with van der Waals surface area (Å²) in [6, 6.07) is 20.0. The fraction of sp³-hybridized carbons (Fsp3) is 0.143. The van der Waals surface area contributed by atoms with E-state index in [1.165, 1.54) is 4.90 Å². The molecule has 0 saturated heterocycles. The number of pyridine rings is 1. The van der Waals surface area contributed by atoms with E-state index in [1.54, 1.807) is 37.6 Å². The van der Waals surface area contributed by atoms with Gasteiger partial charge in [0.2, 0.25) is 5.72 Å². The van der Waals surface area contributed by atoms with Gasteiger partial charge in [-0.2, -0.15) is 0 Å². The number of hydrogen-bond acceptors (Lipinski definition) is 4. The van der Waals surface area contributed by atoms with Crippen molar-refractivity contribution in [2.75, 3.05) is 7.11 Å². The maximum Gasteiger partial charge on any atom is 0.259 e. The minimum atomic E-state index is -1.60. The Morgan fingerprint density at radius 2 is 1.77 bits per heavy atom. The molecule has 2 heterocycles. The van der Waals surface area contributed by atoms with Gasteiger partial charge in [-0.25, -0.2) is 0 Å². The number of rotatable bonds is 4. The fourth-order valence-electron chi connectivity index (χ4n) is 3.34. The van der Waals surface area contributed by atoms with Crippen LogP contribution in [0.5, 0.6) is 5.75 Å². The van der Waals surface area contributed by atoms with Crippen LogP contribution in [-0.2, 0) is 12.3 Å².